The SMILES string of the molecule is Cc1cccc(CCNC(=S)NC2CCCC2)c1. The lowest BCUT2D eigenvalue weighted by Gasteiger charge is -2.15. The van der Waals surface area contributed by atoms with E-state index in [0.29, 0.717) is 6.04 Å². The number of hydrogen-bond acceptors (Lipinski definition) is 1. The summed E-state index contributed by atoms with van der Waals surface area (Å²) < 4.78 is 0. The Bertz CT molecular complexity index is 397. The number of benzene rings is 1. The van der Waals surface area contributed by atoms with Gasteiger partial charge in [-0.15, -0.1) is 0 Å². The summed E-state index contributed by atoms with van der Waals surface area (Å²) in [4.78, 5) is 0. The molecule has 1 aromatic carbocycles. The molecule has 0 bridgehead atoms. The van der Waals surface area contributed by atoms with E-state index < -0.39 is 0 Å². The first-order chi connectivity index (χ1) is 8.74. The van der Waals surface area contributed by atoms with Crippen LogP contribution in [-0.2, 0) is 6.42 Å². The fourth-order valence-electron chi connectivity index (χ4n) is 2.49. The van der Waals surface area contributed by atoms with Crippen molar-refractivity contribution >= 4 is 17.3 Å². The summed E-state index contributed by atoms with van der Waals surface area (Å²) in [6.45, 7) is 3.03. The van der Waals surface area contributed by atoms with Crippen molar-refractivity contribution in [3.63, 3.8) is 0 Å². The summed E-state index contributed by atoms with van der Waals surface area (Å²) in [7, 11) is 0. The highest BCUT2D eigenvalue weighted by Crippen LogP contribution is 2.17. The first kappa shape index (κ1) is 13.3. The minimum absolute atomic E-state index is 0.601. The molecule has 0 unspecified atom stereocenters. The van der Waals surface area contributed by atoms with Crippen molar-refractivity contribution in [1.29, 1.82) is 0 Å². The van der Waals surface area contributed by atoms with Crippen LogP contribution in [-0.4, -0.2) is 17.7 Å². The van der Waals surface area contributed by atoms with Crippen LogP contribution in [0.15, 0.2) is 24.3 Å². The van der Waals surface area contributed by atoms with Gasteiger partial charge < -0.3 is 10.6 Å². The predicted octanol–water partition coefficient (Wildman–Crippen LogP) is 2.94. The largest absolute Gasteiger partial charge is 0.362 e. The van der Waals surface area contributed by atoms with E-state index in [0.717, 1.165) is 18.1 Å². The monoisotopic (exact) mass is 262 g/mol. The Morgan fingerprint density at radius 1 is 1.33 bits per heavy atom. The molecule has 1 aliphatic rings. The van der Waals surface area contributed by atoms with E-state index >= 15 is 0 Å². The third-order valence-electron chi connectivity index (χ3n) is 3.47. The Labute approximate surface area is 115 Å². The molecule has 1 saturated carbocycles. The van der Waals surface area contributed by atoms with Crippen LogP contribution in [0.2, 0.25) is 0 Å². The number of hydrogen-bond donors (Lipinski definition) is 2. The highest BCUT2D eigenvalue weighted by Gasteiger charge is 2.14. The zero-order valence-electron chi connectivity index (χ0n) is 11.0. The molecule has 18 heavy (non-hydrogen) atoms. The Kier molecular flexibility index (Phi) is 5.00. The highest BCUT2D eigenvalue weighted by molar-refractivity contribution is 7.80. The summed E-state index contributed by atoms with van der Waals surface area (Å²) in [5.74, 6) is 0. The molecule has 0 saturated heterocycles. The van der Waals surface area contributed by atoms with Crippen molar-refractivity contribution in [2.24, 2.45) is 0 Å². The third-order valence-corrected chi connectivity index (χ3v) is 3.73. The average Bonchev–Trinajstić information content (AvgIpc) is 2.82. The summed E-state index contributed by atoms with van der Waals surface area (Å²) >= 11 is 5.31. The highest BCUT2D eigenvalue weighted by atomic mass is 32.1. The smallest absolute Gasteiger partial charge is 0.166 e. The van der Waals surface area contributed by atoms with Crippen LogP contribution in [0.1, 0.15) is 36.8 Å². The van der Waals surface area contributed by atoms with Crippen LogP contribution in [0.5, 0.6) is 0 Å². The normalized spacial score (nSPS) is 15.6. The second kappa shape index (κ2) is 6.74. The zero-order chi connectivity index (χ0) is 12.8. The quantitative estimate of drug-likeness (QED) is 0.816. The Balaban J connectivity index is 1.66. The zero-order valence-corrected chi connectivity index (χ0v) is 11.9. The molecule has 2 rings (SSSR count). The molecule has 0 aromatic heterocycles. The Morgan fingerprint density at radius 3 is 2.83 bits per heavy atom. The molecule has 0 amide bonds. The van der Waals surface area contributed by atoms with Gasteiger partial charge in [-0.3, -0.25) is 0 Å². The van der Waals surface area contributed by atoms with Crippen molar-refractivity contribution in [1.82, 2.24) is 10.6 Å². The first-order valence-corrected chi connectivity index (χ1v) is 7.25. The van der Waals surface area contributed by atoms with Gasteiger partial charge in [-0.05, 0) is 44.0 Å². The van der Waals surface area contributed by atoms with Gasteiger partial charge in [-0.2, -0.15) is 0 Å². The van der Waals surface area contributed by atoms with Gasteiger partial charge in [0.05, 0.1) is 0 Å². The van der Waals surface area contributed by atoms with Gasteiger partial charge in [0.25, 0.3) is 0 Å². The molecule has 0 heterocycles. The van der Waals surface area contributed by atoms with Gasteiger partial charge in [0, 0.05) is 12.6 Å². The molecule has 1 aliphatic carbocycles. The lowest BCUT2D eigenvalue weighted by molar-refractivity contribution is 0.621. The van der Waals surface area contributed by atoms with Gasteiger partial charge >= 0.3 is 0 Å². The lowest BCUT2D eigenvalue weighted by Crippen LogP contribution is -2.41. The minimum Gasteiger partial charge on any atom is -0.362 e. The number of thiocarbonyl (C=S) groups is 1. The number of aryl methyl sites for hydroxylation is 1. The van der Waals surface area contributed by atoms with E-state index in [-0.39, 0.29) is 0 Å². The van der Waals surface area contributed by atoms with E-state index in [1.807, 2.05) is 0 Å². The van der Waals surface area contributed by atoms with Crippen molar-refractivity contribution in [2.45, 2.75) is 45.1 Å². The van der Waals surface area contributed by atoms with E-state index in [2.05, 4.69) is 41.8 Å². The van der Waals surface area contributed by atoms with Gasteiger partial charge in [-0.1, -0.05) is 42.7 Å². The fraction of sp³-hybridized carbons (Fsp3) is 0.533. The second-order valence-corrected chi connectivity index (χ2v) is 5.53. The Hall–Kier alpha value is -1.09. The van der Waals surface area contributed by atoms with Gasteiger partial charge in [0.1, 0.15) is 0 Å². The maximum Gasteiger partial charge on any atom is 0.166 e. The van der Waals surface area contributed by atoms with Crippen molar-refractivity contribution in [2.75, 3.05) is 6.54 Å². The molecule has 0 radical (unpaired) electrons. The fourth-order valence-corrected chi connectivity index (χ4v) is 2.76. The molecule has 1 aromatic rings. The van der Waals surface area contributed by atoms with Crippen molar-refractivity contribution < 1.29 is 0 Å². The molecule has 2 nitrogen and oxygen atoms in total. The van der Waals surface area contributed by atoms with Gasteiger partial charge in [-0.25, -0.2) is 0 Å². The van der Waals surface area contributed by atoms with E-state index in [1.165, 1.54) is 36.8 Å². The van der Waals surface area contributed by atoms with Crippen LogP contribution in [0.25, 0.3) is 0 Å². The van der Waals surface area contributed by atoms with Gasteiger partial charge in [0.2, 0.25) is 0 Å². The first-order valence-electron chi connectivity index (χ1n) is 6.84. The lowest BCUT2D eigenvalue weighted by atomic mass is 10.1. The predicted molar refractivity (Wildman–Crippen MR) is 80.9 cm³/mol. The van der Waals surface area contributed by atoms with E-state index in [1.54, 1.807) is 0 Å². The number of rotatable bonds is 4. The van der Waals surface area contributed by atoms with Crippen LogP contribution in [0.3, 0.4) is 0 Å². The maximum absolute atomic E-state index is 5.31. The molecule has 0 spiro atoms. The topological polar surface area (TPSA) is 24.1 Å². The summed E-state index contributed by atoms with van der Waals surface area (Å²) in [6, 6.07) is 9.24. The van der Waals surface area contributed by atoms with E-state index in [4.69, 9.17) is 12.2 Å². The molecular formula is C15H22N2S. The van der Waals surface area contributed by atoms with Crippen molar-refractivity contribution in [3.8, 4) is 0 Å². The molecular weight excluding hydrogens is 240 g/mol. The minimum atomic E-state index is 0.601. The Morgan fingerprint density at radius 2 is 2.11 bits per heavy atom. The van der Waals surface area contributed by atoms with Crippen LogP contribution in [0, 0.1) is 6.92 Å². The molecule has 1 fully saturated rings. The molecule has 0 atom stereocenters. The van der Waals surface area contributed by atoms with Crippen LogP contribution in [0.4, 0.5) is 0 Å². The second-order valence-electron chi connectivity index (χ2n) is 5.12. The van der Waals surface area contributed by atoms with Crippen molar-refractivity contribution in [3.05, 3.63) is 35.4 Å². The molecule has 2 N–H and O–H groups in total. The summed E-state index contributed by atoms with van der Waals surface area (Å²) in [5.41, 5.74) is 2.69. The van der Waals surface area contributed by atoms with E-state index in [9.17, 15) is 0 Å². The summed E-state index contributed by atoms with van der Waals surface area (Å²) in [5, 5.41) is 7.51. The third kappa shape index (κ3) is 4.30. The standard InChI is InChI=1S/C15H22N2S/c1-12-5-4-6-13(11-12)9-10-16-15(18)17-14-7-2-3-8-14/h4-6,11,14H,2-3,7-10H2,1H3,(H2,16,17,18). The molecule has 98 valence electrons. The molecule has 3 heteroatoms. The van der Waals surface area contributed by atoms with Crippen LogP contribution < -0.4 is 10.6 Å². The maximum atomic E-state index is 5.31. The molecule has 0 aliphatic heterocycles. The van der Waals surface area contributed by atoms with Crippen LogP contribution >= 0.6 is 12.2 Å². The summed E-state index contributed by atoms with van der Waals surface area (Å²) in [6.07, 6.45) is 6.22. The number of nitrogens with one attached hydrogen (secondary N) is 2. The average molecular weight is 262 g/mol. The van der Waals surface area contributed by atoms with Gasteiger partial charge in [0.15, 0.2) is 5.11 Å².